The van der Waals surface area contributed by atoms with E-state index in [4.69, 9.17) is 0 Å². The van der Waals surface area contributed by atoms with Crippen LogP contribution in [0.2, 0.25) is 0 Å². The summed E-state index contributed by atoms with van der Waals surface area (Å²) in [6.45, 7) is 2.21. The lowest BCUT2D eigenvalue weighted by atomic mass is 9.78. The molecule has 1 aliphatic carbocycles. The lowest BCUT2D eigenvalue weighted by molar-refractivity contribution is 0.0856. The molecule has 2 unspecified atom stereocenters. The van der Waals surface area contributed by atoms with Gasteiger partial charge in [0.25, 0.3) is 0 Å². The normalized spacial score (nSPS) is 25.3. The molecule has 2 rings (SSSR count). The standard InChI is InChI=1S/C13H18N2O/c1-2-10-4-3-5-11(8-10)13(16)12-6-7-14-9-15-12/h6-7,9-11H,2-5,8H2,1H3. The van der Waals surface area contributed by atoms with Gasteiger partial charge in [-0.2, -0.15) is 0 Å². The van der Waals surface area contributed by atoms with Gasteiger partial charge in [-0.3, -0.25) is 4.79 Å². The number of carbonyl (C=O) groups excluding carboxylic acids is 1. The van der Waals surface area contributed by atoms with E-state index in [2.05, 4.69) is 16.9 Å². The first-order valence-electron chi connectivity index (χ1n) is 6.11. The van der Waals surface area contributed by atoms with Crippen LogP contribution in [0, 0.1) is 11.8 Å². The maximum Gasteiger partial charge on any atom is 0.184 e. The van der Waals surface area contributed by atoms with Crippen molar-refractivity contribution in [2.75, 3.05) is 0 Å². The summed E-state index contributed by atoms with van der Waals surface area (Å²) in [6.07, 6.45) is 8.81. The average Bonchev–Trinajstić information content (AvgIpc) is 2.39. The third-order valence-corrected chi connectivity index (χ3v) is 3.57. The van der Waals surface area contributed by atoms with Gasteiger partial charge in [0.05, 0.1) is 0 Å². The molecule has 0 radical (unpaired) electrons. The van der Waals surface area contributed by atoms with Crippen LogP contribution < -0.4 is 0 Å². The van der Waals surface area contributed by atoms with Gasteiger partial charge in [0.15, 0.2) is 5.78 Å². The third-order valence-electron chi connectivity index (χ3n) is 3.57. The minimum Gasteiger partial charge on any atom is -0.292 e. The van der Waals surface area contributed by atoms with Crippen LogP contribution in [0.15, 0.2) is 18.6 Å². The zero-order valence-corrected chi connectivity index (χ0v) is 9.72. The van der Waals surface area contributed by atoms with Crippen molar-refractivity contribution >= 4 is 5.78 Å². The largest absolute Gasteiger partial charge is 0.292 e. The van der Waals surface area contributed by atoms with Crippen molar-refractivity contribution in [3.8, 4) is 0 Å². The highest BCUT2D eigenvalue weighted by molar-refractivity contribution is 5.95. The first kappa shape index (κ1) is 11.2. The molecule has 1 saturated carbocycles. The summed E-state index contributed by atoms with van der Waals surface area (Å²) in [5, 5.41) is 0. The van der Waals surface area contributed by atoms with Gasteiger partial charge in [0.1, 0.15) is 12.0 Å². The van der Waals surface area contributed by atoms with Gasteiger partial charge in [-0.25, -0.2) is 9.97 Å². The Bertz CT molecular complexity index is 350. The minimum absolute atomic E-state index is 0.189. The monoisotopic (exact) mass is 218 g/mol. The van der Waals surface area contributed by atoms with E-state index >= 15 is 0 Å². The predicted octanol–water partition coefficient (Wildman–Crippen LogP) is 2.88. The van der Waals surface area contributed by atoms with E-state index < -0.39 is 0 Å². The molecular formula is C13H18N2O. The van der Waals surface area contributed by atoms with Crippen LogP contribution in [0.25, 0.3) is 0 Å². The van der Waals surface area contributed by atoms with E-state index in [1.807, 2.05) is 0 Å². The van der Waals surface area contributed by atoms with Crippen molar-refractivity contribution in [1.82, 2.24) is 9.97 Å². The van der Waals surface area contributed by atoms with Gasteiger partial charge in [0.2, 0.25) is 0 Å². The highest BCUT2D eigenvalue weighted by atomic mass is 16.1. The third kappa shape index (κ3) is 2.46. The fourth-order valence-corrected chi connectivity index (χ4v) is 2.55. The second-order valence-corrected chi connectivity index (χ2v) is 4.60. The zero-order chi connectivity index (χ0) is 11.4. The Morgan fingerprint density at radius 3 is 3.06 bits per heavy atom. The number of carbonyl (C=O) groups is 1. The van der Waals surface area contributed by atoms with E-state index in [1.165, 1.54) is 25.6 Å². The van der Waals surface area contributed by atoms with Crippen molar-refractivity contribution in [3.05, 3.63) is 24.3 Å². The molecule has 0 N–H and O–H groups in total. The van der Waals surface area contributed by atoms with Gasteiger partial charge in [-0.05, 0) is 24.8 Å². The topological polar surface area (TPSA) is 42.9 Å². The molecule has 0 amide bonds. The number of Topliss-reactive ketones (excluding diaryl/α,β-unsaturated/α-hetero) is 1. The first-order chi connectivity index (χ1) is 7.81. The highest BCUT2D eigenvalue weighted by Crippen LogP contribution is 2.32. The van der Waals surface area contributed by atoms with Gasteiger partial charge in [-0.1, -0.05) is 26.2 Å². The zero-order valence-electron chi connectivity index (χ0n) is 9.72. The van der Waals surface area contributed by atoms with Crippen LogP contribution in [-0.2, 0) is 0 Å². The van der Waals surface area contributed by atoms with Crippen LogP contribution in [0.5, 0.6) is 0 Å². The average molecular weight is 218 g/mol. The quantitative estimate of drug-likeness (QED) is 0.733. The molecule has 0 spiro atoms. The first-order valence-corrected chi connectivity index (χ1v) is 6.11. The van der Waals surface area contributed by atoms with Gasteiger partial charge >= 0.3 is 0 Å². The molecule has 1 heterocycles. The fourth-order valence-electron chi connectivity index (χ4n) is 2.55. The Morgan fingerprint density at radius 1 is 1.50 bits per heavy atom. The van der Waals surface area contributed by atoms with Gasteiger partial charge < -0.3 is 0 Å². The highest BCUT2D eigenvalue weighted by Gasteiger charge is 2.27. The van der Waals surface area contributed by atoms with Crippen molar-refractivity contribution in [1.29, 1.82) is 0 Å². The Kier molecular flexibility index (Phi) is 3.65. The maximum absolute atomic E-state index is 12.2. The molecule has 0 aromatic carbocycles. The Hall–Kier alpha value is -1.25. The molecule has 16 heavy (non-hydrogen) atoms. The molecular weight excluding hydrogens is 200 g/mol. The molecule has 0 aliphatic heterocycles. The number of rotatable bonds is 3. The van der Waals surface area contributed by atoms with Crippen LogP contribution in [0.4, 0.5) is 0 Å². The fraction of sp³-hybridized carbons (Fsp3) is 0.615. The number of hydrogen-bond acceptors (Lipinski definition) is 3. The summed E-state index contributed by atoms with van der Waals surface area (Å²) >= 11 is 0. The van der Waals surface area contributed by atoms with E-state index in [0.29, 0.717) is 5.69 Å². The van der Waals surface area contributed by atoms with Crippen molar-refractivity contribution in [2.45, 2.75) is 39.0 Å². The van der Waals surface area contributed by atoms with Crippen LogP contribution >= 0.6 is 0 Å². The molecule has 2 atom stereocenters. The predicted molar refractivity (Wildman–Crippen MR) is 62.1 cm³/mol. The van der Waals surface area contributed by atoms with Crippen molar-refractivity contribution in [3.63, 3.8) is 0 Å². The maximum atomic E-state index is 12.2. The summed E-state index contributed by atoms with van der Waals surface area (Å²) in [5.74, 6) is 1.12. The smallest absolute Gasteiger partial charge is 0.184 e. The van der Waals surface area contributed by atoms with Gasteiger partial charge in [-0.15, -0.1) is 0 Å². The Labute approximate surface area is 96.3 Å². The van der Waals surface area contributed by atoms with Crippen LogP contribution in [0.1, 0.15) is 49.5 Å². The van der Waals surface area contributed by atoms with E-state index in [0.717, 1.165) is 18.8 Å². The second-order valence-electron chi connectivity index (χ2n) is 4.60. The number of ketones is 1. The Balaban J connectivity index is 2.05. The molecule has 1 aromatic rings. The van der Waals surface area contributed by atoms with Crippen LogP contribution in [-0.4, -0.2) is 15.8 Å². The number of aromatic nitrogens is 2. The second kappa shape index (κ2) is 5.19. The number of hydrogen-bond donors (Lipinski definition) is 0. The van der Waals surface area contributed by atoms with E-state index in [1.54, 1.807) is 12.3 Å². The molecule has 1 fully saturated rings. The van der Waals surface area contributed by atoms with Crippen LogP contribution in [0.3, 0.4) is 0 Å². The van der Waals surface area contributed by atoms with Gasteiger partial charge in [0, 0.05) is 12.1 Å². The lowest BCUT2D eigenvalue weighted by Gasteiger charge is -2.27. The minimum atomic E-state index is 0.189. The lowest BCUT2D eigenvalue weighted by Crippen LogP contribution is -2.23. The Morgan fingerprint density at radius 2 is 2.38 bits per heavy atom. The molecule has 3 nitrogen and oxygen atoms in total. The molecule has 1 aromatic heterocycles. The molecule has 3 heteroatoms. The summed E-state index contributed by atoms with van der Waals surface area (Å²) in [6, 6.07) is 1.72. The molecule has 86 valence electrons. The molecule has 0 bridgehead atoms. The summed E-state index contributed by atoms with van der Waals surface area (Å²) in [7, 11) is 0. The van der Waals surface area contributed by atoms with E-state index in [9.17, 15) is 4.79 Å². The summed E-state index contributed by atoms with van der Waals surface area (Å²) in [4.78, 5) is 20.1. The molecule has 0 saturated heterocycles. The molecule has 1 aliphatic rings. The SMILES string of the molecule is CCC1CCCC(C(=O)c2ccncn2)C1. The summed E-state index contributed by atoms with van der Waals surface area (Å²) < 4.78 is 0. The number of nitrogens with zero attached hydrogens (tertiary/aromatic N) is 2. The van der Waals surface area contributed by atoms with Crippen molar-refractivity contribution in [2.24, 2.45) is 11.8 Å². The van der Waals surface area contributed by atoms with Crippen molar-refractivity contribution < 1.29 is 4.79 Å². The summed E-state index contributed by atoms with van der Waals surface area (Å²) in [5.41, 5.74) is 0.580. The van der Waals surface area contributed by atoms with E-state index in [-0.39, 0.29) is 11.7 Å².